The number of hydrogen-bond donors (Lipinski definition) is 0. The van der Waals surface area contributed by atoms with Crippen LogP contribution in [0.4, 0.5) is 0 Å². The number of nitriles is 1. The molecule has 0 saturated carbocycles. The van der Waals surface area contributed by atoms with Crippen LogP contribution in [0.3, 0.4) is 0 Å². The van der Waals surface area contributed by atoms with Gasteiger partial charge in [-0.1, -0.05) is 60.7 Å². The van der Waals surface area contributed by atoms with Crippen molar-refractivity contribution in [3.8, 4) is 17.3 Å². The van der Waals surface area contributed by atoms with Crippen LogP contribution in [0.15, 0.2) is 89.8 Å². The van der Waals surface area contributed by atoms with Crippen LogP contribution in [0.2, 0.25) is 0 Å². The van der Waals surface area contributed by atoms with E-state index in [4.69, 9.17) is 4.98 Å². The summed E-state index contributed by atoms with van der Waals surface area (Å²) in [6, 6.07) is 27.2. The molecule has 0 aliphatic carbocycles. The standard InChI is InChI=1S/C27H22N4O3S/c28-19-21-10-4-7-13-26(21)35(33,34)31-16-14-30(15-17-31)27(32)23-18-25(20-8-2-1-3-9-20)29-24-12-6-5-11-22(23)24/h1-13,18H,14-17H2. The van der Waals surface area contributed by atoms with E-state index in [0.29, 0.717) is 11.3 Å². The van der Waals surface area contributed by atoms with Crippen molar-refractivity contribution in [2.75, 3.05) is 26.2 Å². The second-order valence-corrected chi connectivity index (χ2v) is 10.1. The number of amides is 1. The van der Waals surface area contributed by atoms with Gasteiger partial charge in [0.1, 0.15) is 6.07 Å². The van der Waals surface area contributed by atoms with Gasteiger partial charge in [0.2, 0.25) is 10.0 Å². The van der Waals surface area contributed by atoms with Gasteiger partial charge in [0.05, 0.1) is 27.2 Å². The average molecular weight is 483 g/mol. The molecule has 0 N–H and O–H groups in total. The number of nitrogens with zero attached hydrogens (tertiary/aromatic N) is 4. The molecule has 2 heterocycles. The molecule has 1 amide bonds. The van der Waals surface area contributed by atoms with Crippen LogP contribution < -0.4 is 0 Å². The highest BCUT2D eigenvalue weighted by molar-refractivity contribution is 7.89. The first kappa shape index (κ1) is 22.7. The van der Waals surface area contributed by atoms with Gasteiger partial charge in [0.15, 0.2) is 0 Å². The molecule has 35 heavy (non-hydrogen) atoms. The minimum Gasteiger partial charge on any atom is -0.336 e. The molecule has 174 valence electrons. The minimum atomic E-state index is -3.83. The highest BCUT2D eigenvalue weighted by atomic mass is 32.2. The molecule has 1 saturated heterocycles. The minimum absolute atomic E-state index is 0.00472. The van der Waals surface area contributed by atoms with Crippen LogP contribution in [0, 0.1) is 11.3 Å². The van der Waals surface area contributed by atoms with Crippen LogP contribution in [-0.4, -0.2) is 54.7 Å². The lowest BCUT2D eigenvalue weighted by atomic mass is 10.0. The van der Waals surface area contributed by atoms with Crippen LogP contribution in [0.5, 0.6) is 0 Å². The predicted molar refractivity (Wildman–Crippen MR) is 133 cm³/mol. The molecule has 0 radical (unpaired) electrons. The Labute approximate surface area is 203 Å². The number of carbonyl (C=O) groups is 1. The second-order valence-electron chi connectivity index (χ2n) is 8.24. The fourth-order valence-corrected chi connectivity index (χ4v) is 5.90. The SMILES string of the molecule is N#Cc1ccccc1S(=O)(=O)N1CCN(C(=O)c2cc(-c3ccccc3)nc3ccccc23)CC1. The molecule has 0 bridgehead atoms. The molecule has 0 unspecified atom stereocenters. The number of benzene rings is 3. The monoisotopic (exact) mass is 482 g/mol. The number of fused-ring (bicyclic) bond motifs is 1. The van der Waals surface area contributed by atoms with Crippen molar-refractivity contribution < 1.29 is 13.2 Å². The lowest BCUT2D eigenvalue weighted by Gasteiger charge is -2.34. The largest absolute Gasteiger partial charge is 0.336 e. The van der Waals surface area contributed by atoms with Gasteiger partial charge in [-0.2, -0.15) is 9.57 Å². The molecular formula is C27H22N4O3S. The molecule has 7 nitrogen and oxygen atoms in total. The molecule has 1 aliphatic heterocycles. The van der Waals surface area contributed by atoms with E-state index in [2.05, 4.69) is 0 Å². The molecule has 4 aromatic rings. The number of pyridine rings is 1. The summed E-state index contributed by atoms with van der Waals surface area (Å²) in [7, 11) is -3.83. The van der Waals surface area contributed by atoms with Crippen LogP contribution in [0.1, 0.15) is 15.9 Å². The Morgan fingerprint density at radius 1 is 0.857 bits per heavy atom. The molecule has 0 atom stereocenters. The Morgan fingerprint density at radius 3 is 2.26 bits per heavy atom. The fourth-order valence-electron chi connectivity index (χ4n) is 4.33. The molecule has 0 spiro atoms. The van der Waals surface area contributed by atoms with Crippen molar-refractivity contribution in [2.45, 2.75) is 4.90 Å². The van der Waals surface area contributed by atoms with Crippen molar-refractivity contribution in [1.82, 2.24) is 14.2 Å². The molecular weight excluding hydrogens is 460 g/mol. The zero-order valence-corrected chi connectivity index (χ0v) is 19.6. The first-order valence-electron chi connectivity index (χ1n) is 11.2. The molecule has 3 aromatic carbocycles. The second kappa shape index (κ2) is 9.29. The number of piperazine rings is 1. The van der Waals surface area contributed by atoms with Crippen LogP contribution >= 0.6 is 0 Å². The first-order chi connectivity index (χ1) is 17.0. The summed E-state index contributed by atoms with van der Waals surface area (Å²) >= 11 is 0. The van der Waals surface area contributed by atoms with Crippen molar-refractivity contribution in [3.05, 3.63) is 96.1 Å². The van der Waals surface area contributed by atoms with E-state index >= 15 is 0 Å². The van der Waals surface area contributed by atoms with Gasteiger partial charge in [0, 0.05) is 37.1 Å². The summed E-state index contributed by atoms with van der Waals surface area (Å²) in [4.78, 5) is 20.0. The van der Waals surface area contributed by atoms with Gasteiger partial charge in [-0.3, -0.25) is 4.79 Å². The van der Waals surface area contributed by atoms with E-state index < -0.39 is 10.0 Å². The normalized spacial score (nSPS) is 14.5. The van der Waals surface area contributed by atoms with E-state index in [1.807, 2.05) is 66.7 Å². The molecule has 1 fully saturated rings. The zero-order valence-electron chi connectivity index (χ0n) is 18.8. The van der Waals surface area contributed by atoms with E-state index in [9.17, 15) is 18.5 Å². The van der Waals surface area contributed by atoms with Gasteiger partial charge < -0.3 is 4.90 Å². The van der Waals surface area contributed by atoms with Gasteiger partial charge in [-0.15, -0.1) is 0 Å². The lowest BCUT2D eigenvalue weighted by molar-refractivity contribution is 0.0700. The lowest BCUT2D eigenvalue weighted by Crippen LogP contribution is -2.50. The zero-order chi connectivity index (χ0) is 24.4. The van der Waals surface area contributed by atoms with Gasteiger partial charge >= 0.3 is 0 Å². The topological polar surface area (TPSA) is 94.4 Å². The quantitative estimate of drug-likeness (QED) is 0.439. The maximum absolute atomic E-state index is 13.6. The summed E-state index contributed by atoms with van der Waals surface area (Å²) in [5.74, 6) is -0.157. The maximum atomic E-state index is 13.6. The van der Waals surface area contributed by atoms with Crippen LogP contribution in [-0.2, 0) is 10.0 Å². The number of para-hydroxylation sites is 1. The molecule has 1 aromatic heterocycles. The van der Waals surface area contributed by atoms with Crippen molar-refractivity contribution in [3.63, 3.8) is 0 Å². The van der Waals surface area contributed by atoms with Crippen molar-refractivity contribution in [1.29, 1.82) is 5.26 Å². The van der Waals surface area contributed by atoms with Crippen LogP contribution in [0.25, 0.3) is 22.2 Å². The third kappa shape index (κ3) is 4.28. The number of carbonyl (C=O) groups excluding carboxylic acids is 1. The summed E-state index contributed by atoms with van der Waals surface area (Å²) in [5.41, 5.74) is 3.01. The van der Waals surface area contributed by atoms with E-state index in [-0.39, 0.29) is 42.5 Å². The van der Waals surface area contributed by atoms with E-state index in [1.165, 1.54) is 16.4 Å². The van der Waals surface area contributed by atoms with E-state index in [1.54, 1.807) is 17.0 Å². The summed E-state index contributed by atoms with van der Waals surface area (Å²) in [5, 5.41) is 10.1. The highest BCUT2D eigenvalue weighted by Crippen LogP contribution is 2.27. The Morgan fingerprint density at radius 2 is 1.51 bits per heavy atom. The third-order valence-corrected chi connectivity index (χ3v) is 8.12. The number of sulfonamides is 1. The maximum Gasteiger partial charge on any atom is 0.254 e. The molecule has 1 aliphatic rings. The van der Waals surface area contributed by atoms with Gasteiger partial charge in [-0.05, 0) is 24.3 Å². The Balaban J connectivity index is 1.42. The number of aromatic nitrogens is 1. The number of hydrogen-bond acceptors (Lipinski definition) is 5. The Hall–Kier alpha value is -4.06. The fraction of sp³-hybridized carbons (Fsp3) is 0.148. The Bertz CT molecular complexity index is 1550. The van der Waals surface area contributed by atoms with Gasteiger partial charge in [0.25, 0.3) is 5.91 Å². The van der Waals surface area contributed by atoms with Gasteiger partial charge in [-0.25, -0.2) is 13.4 Å². The highest BCUT2D eigenvalue weighted by Gasteiger charge is 2.32. The summed E-state index contributed by atoms with van der Waals surface area (Å²) in [6.45, 7) is 0.818. The predicted octanol–water partition coefficient (Wildman–Crippen LogP) is 3.92. The Kier molecular flexibility index (Phi) is 6.03. The van der Waals surface area contributed by atoms with Crippen molar-refractivity contribution >= 4 is 26.8 Å². The summed E-state index contributed by atoms with van der Waals surface area (Å²) < 4.78 is 27.6. The molecule has 5 rings (SSSR count). The van der Waals surface area contributed by atoms with Crippen molar-refractivity contribution in [2.24, 2.45) is 0 Å². The third-order valence-electron chi connectivity index (χ3n) is 6.17. The van der Waals surface area contributed by atoms with E-state index in [0.717, 1.165) is 16.5 Å². The first-order valence-corrected chi connectivity index (χ1v) is 12.7. The number of rotatable bonds is 4. The molecule has 8 heteroatoms. The summed E-state index contributed by atoms with van der Waals surface area (Å²) in [6.07, 6.45) is 0. The smallest absolute Gasteiger partial charge is 0.254 e. The average Bonchev–Trinajstić information content (AvgIpc) is 2.92.